The van der Waals surface area contributed by atoms with Crippen molar-refractivity contribution < 1.29 is 14.3 Å². The molecule has 1 fully saturated rings. The average molecular weight is 418 g/mol. The monoisotopic (exact) mass is 417 g/mol. The summed E-state index contributed by atoms with van der Waals surface area (Å²) in [6.45, 7) is 3.86. The van der Waals surface area contributed by atoms with E-state index < -0.39 is 5.41 Å². The van der Waals surface area contributed by atoms with Crippen molar-refractivity contribution in [2.24, 2.45) is 0 Å². The SMILES string of the molecule is Cc1cccc(C2(C(=O)Nc3ccc(OCCBr)cc3)CCOCC2)c1. The molecular formula is C21H24BrNO3. The van der Waals surface area contributed by atoms with Gasteiger partial charge in [0.05, 0.1) is 12.0 Å². The lowest BCUT2D eigenvalue weighted by atomic mass is 9.73. The van der Waals surface area contributed by atoms with E-state index in [1.165, 1.54) is 0 Å². The third-order valence-electron chi connectivity index (χ3n) is 4.81. The lowest BCUT2D eigenvalue weighted by molar-refractivity contribution is -0.125. The molecule has 0 unspecified atom stereocenters. The van der Waals surface area contributed by atoms with Gasteiger partial charge in [0.15, 0.2) is 0 Å². The minimum Gasteiger partial charge on any atom is -0.493 e. The Balaban J connectivity index is 1.80. The molecule has 0 radical (unpaired) electrons. The third kappa shape index (κ3) is 4.27. The Morgan fingerprint density at radius 1 is 1.19 bits per heavy atom. The number of benzene rings is 2. The van der Waals surface area contributed by atoms with E-state index in [0.717, 1.165) is 27.9 Å². The van der Waals surface area contributed by atoms with Crippen molar-refractivity contribution in [3.05, 3.63) is 59.7 Å². The van der Waals surface area contributed by atoms with Crippen LogP contribution in [-0.4, -0.2) is 31.1 Å². The summed E-state index contributed by atoms with van der Waals surface area (Å²) in [6.07, 6.45) is 1.38. The van der Waals surface area contributed by atoms with Crippen molar-refractivity contribution in [2.45, 2.75) is 25.2 Å². The normalized spacial score (nSPS) is 16.1. The summed E-state index contributed by atoms with van der Waals surface area (Å²) in [5.41, 5.74) is 2.46. The van der Waals surface area contributed by atoms with E-state index in [0.29, 0.717) is 32.7 Å². The first-order valence-corrected chi connectivity index (χ1v) is 10.0. The van der Waals surface area contributed by atoms with Crippen LogP contribution in [0.1, 0.15) is 24.0 Å². The van der Waals surface area contributed by atoms with Gasteiger partial charge in [-0.15, -0.1) is 0 Å². The molecule has 0 aliphatic carbocycles. The van der Waals surface area contributed by atoms with Gasteiger partial charge in [-0.3, -0.25) is 4.79 Å². The highest BCUT2D eigenvalue weighted by Crippen LogP contribution is 2.36. The Hall–Kier alpha value is -1.85. The van der Waals surface area contributed by atoms with Crippen LogP contribution in [0.2, 0.25) is 0 Å². The first kappa shape index (κ1) is 18.9. The summed E-state index contributed by atoms with van der Waals surface area (Å²) in [5, 5.41) is 3.88. The van der Waals surface area contributed by atoms with Crippen LogP contribution in [0.3, 0.4) is 0 Å². The molecule has 0 spiro atoms. The van der Waals surface area contributed by atoms with Crippen molar-refractivity contribution in [2.75, 3.05) is 30.5 Å². The van der Waals surface area contributed by atoms with E-state index in [9.17, 15) is 4.79 Å². The minimum absolute atomic E-state index is 0.0283. The van der Waals surface area contributed by atoms with Crippen molar-refractivity contribution in [3.63, 3.8) is 0 Å². The Kier molecular flexibility index (Phi) is 6.33. The van der Waals surface area contributed by atoms with Crippen molar-refractivity contribution in [1.82, 2.24) is 0 Å². The van der Waals surface area contributed by atoms with Gasteiger partial charge in [-0.1, -0.05) is 45.8 Å². The summed E-state index contributed by atoms with van der Waals surface area (Å²) in [6, 6.07) is 15.8. The molecule has 1 amide bonds. The second-order valence-electron chi connectivity index (χ2n) is 6.58. The molecule has 4 nitrogen and oxygen atoms in total. The fourth-order valence-electron chi connectivity index (χ4n) is 3.35. The van der Waals surface area contributed by atoms with Gasteiger partial charge in [0.25, 0.3) is 0 Å². The maximum Gasteiger partial charge on any atom is 0.235 e. The number of rotatable bonds is 6. The number of hydrogen-bond donors (Lipinski definition) is 1. The first-order chi connectivity index (χ1) is 12.6. The lowest BCUT2D eigenvalue weighted by Crippen LogP contribution is -2.44. The van der Waals surface area contributed by atoms with Gasteiger partial charge in [-0.05, 0) is 49.6 Å². The van der Waals surface area contributed by atoms with E-state index in [4.69, 9.17) is 9.47 Å². The zero-order valence-electron chi connectivity index (χ0n) is 15.0. The Morgan fingerprint density at radius 2 is 1.92 bits per heavy atom. The molecule has 1 heterocycles. The van der Waals surface area contributed by atoms with Crippen molar-refractivity contribution >= 4 is 27.5 Å². The van der Waals surface area contributed by atoms with Gasteiger partial charge in [0, 0.05) is 24.2 Å². The second kappa shape index (κ2) is 8.69. The topological polar surface area (TPSA) is 47.6 Å². The maximum absolute atomic E-state index is 13.3. The highest BCUT2D eigenvalue weighted by atomic mass is 79.9. The van der Waals surface area contributed by atoms with Crippen LogP contribution in [0.4, 0.5) is 5.69 Å². The highest BCUT2D eigenvalue weighted by molar-refractivity contribution is 9.09. The van der Waals surface area contributed by atoms with Crippen LogP contribution >= 0.6 is 15.9 Å². The second-order valence-corrected chi connectivity index (χ2v) is 7.37. The van der Waals surface area contributed by atoms with Gasteiger partial charge < -0.3 is 14.8 Å². The van der Waals surface area contributed by atoms with Gasteiger partial charge in [0.1, 0.15) is 5.75 Å². The third-order valence-corrected chi connectivity index (χ3v) is 5.13. The highest BCUT2D eigenvalue weighted by Gasteiger charge is 2.41. The molecule has 2 aromatic rings. The number of alkyl halides is 1. The maximum atomic E-state index is 13.3. The number of aryl methyl sites for hydroxylation is 1. The number of ether oxygens (including phenoxy) is 2. The number of amides is 1. The first-order valence-electron chi connectivity index (χ1n) is 8.89. The molecule has 2 aromatic carbocycles. The lowest BCUT2D eigenvalue weighted by Gasteiger charge is -2.36. The van der Waals surface area contributed by atoms with Crippen molar-refractivity contribution in [3.8, 4) is 5.75 Å². The fraction of sp³-hybridized carbons (Fsp3) is 0.381. The standard InChI is InChI=1S/C21H24BrNO3/c1-16-3-2-4-17(15-16)21(9-12-25-13-10-21)20(24)23-18-5-7-19(8-6-18)26-14-11-22/h2-8,15H,9-14H2,1H3,(H,23,24). The zero-order chi connectivity index (χ0) is 18.4. The summed E-state index contributed by atoms with van der Waals surface area (Å²) >= 11 is 3.34. The quantitative estimate of drug-likeness (QED) is 0.705. The number of carbonyl (C=O) groups excluding carboxylic acids is 1. The van der Waals surface area contributed by atoms with Crippen LogP contribution in [0.25, 0.3) is 0 Å². The number of carbonyl (C=O) groups is 1. The molecule has 26 heavy (non-hydrogen) atoms. The van der Waals surface area contributed by atoms with E-state index in [-0.39, 0.29) is 5.91 Å². The molecular weight excluding hydrogens is 394 g/mol. The van der Waals surface area contributed by atoms with Gasteiger partial charge >= 0.3 is 0 Å². The summed E-state index contributed by atoms with van der Waals surface area (Å²) in [5.74, 6) is 0.822. The molecule has 0 aromatic heterocycles. The number of halogens is 1. The molecule has 0 bridgehead atoms. The van der Waals surface area contributed by atoms with Crippen LogP contribution in [0.15, 0.2) is 48.5 Å². The Bertz CT molecular complexity index is 739. The van der Waals surface area contributed by atoms with Crippen LogP contribution < -0.4 is 10.1 Å². The molecule has 0 atom stereocenters. The van der Waals surface area contributed by atoms with Crippen LogP contribution in [0, 0.1) is 6.92 Å². The minimum atomic E-state index is -0.546. The zero-order valence-corrected chi connectivity index (χ0v) is 16.6. The van der Waals surface area contributed by atoms with Crippen molar-refractivity contribution in [1.29, 1.82) is 0 Å². The summed E-state index contributed by atoms with van der Waals surface area (Å²) in [7, 11) is 0. The van der Waals surface area contributed by atoms with E-state index >= 15 is 0 Å². The molecule has 0 saturated carbocycles. The van der Waals surface area contributed by atoms with Gasteiger partial charge in [-0.25, -0.2) is 0 Å². The van der Waals surface area contributed by atoms with E-state index in [1.54, 1.807) is 0 Å². The molecule has 1 aliphatic rings. The Morgan fingerprint density at radius 3 is 2.58 bits per heavy atom. The van der Waals surface area contributed by atoms with Gasteiger partial charge in [0.2, 0.25) is 5.91 Å². The summed E-state index contributed by atoms with van der Waals surface area (Å²) < 4.78 is 11.1. The summed E-state index contributed by atoms with van der Waals surface area (Å²) in [4.78, 5) is 13.3. The number of anilines is 1. The van der Waals surface area contributed by atoms with E-state index in [2.05, 4.69) is 46.4 Å². The fourth-order valence-corrected chi connectivity index (χ4v) is 3.51. The van der Waals surface area contributed by atoms with E-state index in [1.807, 2.05) is 30.3 Å². The Labute approximate surface area is 163 Å². The predicted octanol–water partition coefficient (Wildman–Crippen LogP) is 4.46. The van der Waals surface area contributed by atoms with Crippen LogP contribution in [0.5, 0.6) is 5.75 Å². The molecule has 1 N–H and O–H groups in total. The van der Waals surface area contributed by atoms with Gasteiger partial charge in [-0.2, -0.15) is 0 Å². The molecule has 1 saturated heterocycles. The predicted molar refractivity (Wildman–Crippen MR) is 107 cm³/mol. The molecule has 3 rings (SSSR count). The average Bonchev–Trinajstić information content (AvgIpc) is 2.68. The van der Waals surface area contributed by atoms with Crippen LogP contribution in [-0.2, 0) is 14.9 Å². The molecule has 5 heteroatoms. The number of hydrogen-bond acceptors (Lipinski definition) is 3. The number of nitrogens with one attached hydrogen (secondary N) is 1. The molecule has 138 valence electrons. The smallest absolute Gasteiger partial charge is 0.235 e. The largest absolute Gasteiger partial charge is 0.493 e. The molecule has 1 aliphatic heterocycles.